The Hall–Kier alpha value is -0.350. The number of carbonyl (C=O) groups is 1. The highest BCUT2D eigenvalue weighted by atomic mass is 79.9. The summed E-state index contributed by atoms with van der Waals surface area (Å²) in [5.74, 6) is 3.99. The summed E-state index contributed by atoms with van der Waals surface area (Å²) in [7, 11) is 1.99. The summed E-state index contributed by atoms with van der Waals surface area (Å²) in [6, 6.07) is 2.13. The van der Waals surface area contributed by atoms with E-state index in [4.69, 9.17) is 0 Å². The van der Waals surface area contributed by atoms with Gasteiger partial charge >= 0.3 is 0 Å². The van der Waals surface area contributed by atoms with E-state index in [0.29, 0.717) is 23.7 Å². The Morgan fingerprint density at radius 1 is 1.24 bits per heavy atom. The highest BCUT2D eigenvalue weighted by Crippen LogP contribution is 2.56. The first-order valence-corrected chi connectivity index (χ1v) is 9.75. The maximum atomic E-state index is 13.0. The molecule has 4 heteroatoms. The van der Waals surface area contributed by atoms with Crippen LogP contribution in [0.3, 0.4) is 0 Å². The second-order valence-corrected chi connectivity index (χ2v) is 9.29. The van der Waals surface area contributed by atoms with Crippen LogP contribution in [0.25, 0.3) is 0 Å². The zero-order chi connectivity index (χ0) is 14.6. The maximum absolute atomic E-state index is 13.0. The van der Waals surface area contributed by atoms with E-state index in [2.05, 4.69) is 27.4 Å². The van der Waals surface area contributed by atoms with Gasteiger partial charge in [-0.15, -0.1) is 11.3 Å². The lowest BCUT2D eigenvalue weighted by Gasteiger charge is -2.54. The van der Waals surface area contributed by atoms with Crippen molar-refractivity contribution in [2.45, 2.75) is 38.6 Å². The molecule has 5 rings (SSSR count). The van der Waals surface area contributed by atoms with Gasteiger partial charge in [0, 0.05) is 27.7 Å². The molecule has 114 valence electrons. The predicted octanol–water partition coefficient (Wildman–Crippen LogP) is 4.54. The minimum Gasteiger partial charge on any atom is -0.340 e. The zero-order valence-electron chi connectivity index (χ0n) is 12.4. The van der Waals surface area contributed by atoms with Crippen molar-refractivity contribution in [1.29, 1.82) is 0 Å². The first-order chi connectivity index (χ1) is 10.1. The molecule has 0 unspecified atom stereocenters. The first-order valence-electron chi connectivity index (χ1n) is 8.08. The van der Waals surface area contributed by atoms with Crippen LogP contribution in [0.1, 0.15) is 37.0 Å². The second-order valence-electron chi connectivity index (χ2n) is 7.38. The molecule has 0 N–H and O–H groups in total. The van der Waals surface area contributed by atoms with Crippen molar-refractivity contribution in [2.75, 3.05) is 7.05 Å². The largest absolute Gasteiger partial charge is 0.340 e. The van der Waals surface area contributed by atoms with E-state index in [0.717, 1.165) is 22.9 Å². The fraction of sp³-hybridized carbons (Fsp3) is 0.706. The van der Waals surface area contributed by atoms with Gasteiger partial charge in [-0.3, -0.25) is 4.79 Å². The molecule has 0 spiro atoms. The van der Waals surface area contributed by atoms with E-state index in [-0.39, 0.29) is 0 Å². The minimum atomic E-state index is 0.325. The van der Waals surface area contributed by atoms with Gasteiger partial charge in [-0.05, 0) is 77.8 Å². The molecule has 0 radical (unpaired) electrons. The van der Waals surface area contributed by atoms with Crippen molar-refractivity contribution in [1.82, 2.24) is 4.90 Å². The molecule has 0 saturated heterocycles. The third-order valence-electron chi connectivity index (χ3n) is 5.90. The van der Waals surface area contributed by atoms with E-state index in [1.807, 2.05) is 11.9 Å². The monoisotopic (exact) mass is 367 g/mol. The van der Waals surface area contributed by atoms with Crippen LogP contribution < -0.4 is 0 Å². The Morgan fingerprint density at radius 2 is 1.86 bits per heavy atom. The lowest BCUT2D eigenvalue weighted by Crippen LogP contribution is -2.51. The van der Waals surface area contributed by atoms with Crippen molar-refractivity contribution in [2.24, 2.45) is 29.6 Å². The maximum Gasteiger partial charge on any atom is 0.226 e. The van der Waals surface area contributed by atoms with Gasteiger partial charge in [-0.1, -0.05) is 0 Å². The first kappa shape index (κ1) is 14.3. The summed E-state index contributed by atoms with van der Waals surface area (Å²) in [6.07, 6.45) is 6.74. The Kier molecular flexibility index (Phi) is 3.65. The molecule has 4 saturated carbocycles. The van der Waals surface area contributed by atoms with Crippen molar-refractivity contribution < 1.29 is 4.79 Å². The topological polar surface area (TPSA) is 20.3 Å². The van der Waals surface area contributed by atoms with Crippen molar-refractivity contribution in [3.63, 3.8) is 0 Å². The highest BCUT2D eigenvalue weighted by Gasteiger charge is 2.51. The smallest absolute Gasteiger partial charge is 0.226 e. The fourth-order valence-corrected chi connectivity index (χ4v) is 6.83. The van der Waals surface area contributed by atoms with Crippen LogP contribution >= 0.6 is 27.3 Å². The van der Waals surface area contributed by atoms with Crippen molar-refractivity contribution in [3.05, 3.63) is 20.8 Å². The number of carbonyl (C=O) groups excluding carboxylic acids is 1. The number of hydrogen-bond acceptors (Lipinski definition) is 2. The number of hydrogen-bond donors (Lipinski definition) is 0. The number of nitrogens with zero attached hydrogens (tertiary/aromatic N) is 1. The lowest BCUT2D eigenvalue weighted by atomic mass is 9.51. The summed E-state index contributed by atoms with van der Waals surface area (Å²) in [4.78, 5) is 16.2. The molecule has 4 bridgehead atoms. The van der Waals surface area contributed by atoms with Gasteiger partial charge in [0.05, 0.1) is 6.54 Å². The quantitative estimate of drug-likeness (QED) is 0.767. The van der Waals surface area contributed by atoms with Crippen LogP contribution in [-0.2, 0) is 11.3 Å². The van der Waals surface area contributed by atoms with Gasteiger partial charge in [0.1, 0.15) is 0 Å². The van der Waals surface area contributed by atoms with Crippen molar-refractivity contribution in [3.8, 4) is 0 Å². The van der Waals surface area contributed by atoms with Crippen molar-refractivity contribution >= 4 is 33.2 Å². The molecule has 2 nitrogen and oxygen atoms in total. The zero-order valence-corrected chi connectivity index (χ0v) is 14.8. The molecule has 4 aliphatic carbocycles. The van der Waals surface area contributed by atoms with E-state index < -0.39 is 0 Å². The molecular weight excluding hydrogens is 346 g/mol. The minimum absolute atomic E-state index is 0.325. The molecule has 4 fully saturated rings. The van der Waals surface area contributed by atoms with Gasteiger partial charge in [0.25, 0.3) is 0 Å². The summed E-state index contributed by atoms with van der Waals surface area (Å²) >= 11 is 5.22. The van der Waals surface area contributed by atoms with E-state index in [1.165, 1.54) is 37.0 Å². The third kappa shape index (κ3) is 2.59. The van der Waals surface area contributed by atoms with Crippen LogP contribution in [0.4, 0.5) is 0 Å². The summed E-state index contributed by atoms with van der Waals surface area (Å²) in [5, 5.41) is 2.09. The van der Waals surface area contributed by atoms with Crippen LogP contribution in [0.2, 0.25) is 0 Å². The molecule has 1 aromatic heterocycles. The van der Waals surface area contributed by atoms with Gasteiger partial charge in [-0.25, -0.2) is 0 Å². The Labute approximate surface area is 139 Å². The molecule has 0 atom stereocenters. The van der Waals surface area contributed by atoms with Crippen LogP contribution in [0.5, 0.6) is 0 Å². The summed E-state index contributed by atoms with van der Waals surface area (Å²) in [6.45, 7) is 0.762. The molecule has 21 heavy (non-hydrogen) atoms. The summed E-state index contributed by atoms with van der Waals surface area (Å²) < 4.78 is 1.12. The van der Waals surface area contributed by atoms with E-state index >= 15 is 0 Å². The van der Waals surface area contributed by atoms with Gasteiger partial charge in [0.15, 0.2) is 0 Å². The molecule has 1 amide bonds. The standard InChI is InChI=1S/C17H22BrNOS/c1-19(8-15-7-14(18)9-21-15)17(20)16-12-3-10-2-11(5-12)6-13(16)4-10/h7,9-13,16H,2-6,8H2,1H3. The number of thiophene rings is 1. The normalized spacial score (nSPS) is 37.0. The Balaban J connectivity index is 1.47. The number of halogens is 1. The predicted molar refractivity (Wildman–Crippen MR) is 89.0 cm³/mol. The molecule has 0 aromatic carbocycles. The van der Waals surface area contributed by atoms with Crippen LogP contribution in [0.15, 0.2) is 15.9 Å². The number of rotatable bonds is 3. The van der Waals surface area contributed by atoms with Crippen LogP contribution in [0, 0.1) is 29.6 Å². The van der Waals surface area contributed by atoms with Gasteiger partial charge < -0.3 is 4.90 Å². The van der Waals surface area contributed by atoms with Gasteiger partial charge in [0.2, 0.25) is 5.91 Å². The lowest BCUT2D eigenvalue weighted by molar-refractivity contribution is -0.148. The SMILES string of the molecule is CN(Cc1cc(Br)cs1)C(=O)C1C2CC3CC(C2)CC1C3. The third-order valence-corrected chi connectivity index (χ3v) is 7.59. The average Bonchev–Trinajstić information content (AvgIpc) is 2.82. The average molecular weight is 368 g/mol. The van der Waals surface area contributed by atoms with E-state index in [1.54, 1.807) is 11.3 Å². The molecule has 4 aliphatic rings. The Bertz CT molecular complexity index is 527. The second kappa shape index (κ2) is 5.38. The molecule has 1 aromatic rings. The Morgan fingerprint density at radius 3 is 2.38 bits per heavy atom. The summed E-state index contributed by atoms with van der Waals surface area (Å²) in [5.41, 5.74) is 0. The fourth-order valence-electron chi connectivity index (χ4n) is 5.33. The van der Waals surface area contributed by atoms with Crippen LogP contribution in [-0.4, -0.2) is 17.9 Å². The van der Waals surface area contributed by atoms with E-state index in [9.17, 15) is 4.79 Å². The van der Waals surface area contributed by atoms with Gasteiger partial charge in [-0.2, -0.15) is 0 Å². The highest BCUT2D eigenvalue weighted by molar-refractivity contribution is 9.10. The molecular formula is C17H22BrNOS. The molecule has 1 heterocycles. The number of amides is 1. The molecule has 0 aliphatic heterocycles.